The molecule has 0 bridgehead atoms. The van der Waals surface area contributed by atoms with E-state index in [1.54, 1.807) is 0 Å². The van der Waals surface area contributed by atoms with Gasteiger partial charge in [0.25, 0.3) is 0 Å². The van der Waals surface area contributed by atoms with Gasteiger partial charge in [0.15, 0.2) is 12.2 Å². The second-order valence-electron chi connectivity index (χ2n) is 22.6. The Morgan fingerprint density at radius 1 is 0.338 bits per heavy atom. The maximum atomic E-state index is 12.9. The Hall–Kier alpha value is -1.94. The topological polar surface area (TPSA) is 237 Å². The molecule has 0 aliphatic heterocycles. The lowest BCUT2D eigenvalue weighted by Gasteiger charge is -2.21. The number of hydrogen-bond donors (Lipinski definition) is 3. The molecule has 0 amide bonds. The third-order valence-corrected chi connectivity index (χ3v) is 15.9. The van der Waals surface area contributed by atoms with E-state index in [-0.39, 0.29) is 25.7 Å². The number of carbonyl (C=O) groups is 4. The molecule has 0 aliphatic rings. The molecule has 0 aromatic carbocycles. The van der Waals surface area contributed by atoms with E-state index in [9.17, 15) is 43.2 Å². The van der Waals surface area contributed by atoms with Crippen LogP contribution in [0.4, 0.5) is 0 Å². The Bertz CT molecular complexity index is 1570. The molecule has 0 heterocycles. The predicted octanol–water partition coefficient (Wildman–Crippen LogP) is 16.6. The number of phosphoric acid groups is 2. The van der Waals surface area contributed by atoms with E-state index < -0.39 is 97.5 Å². The minimum absolute atomic E-state index is 0.106. The normalized spacial score (nSPS) is 14.3. The van der Waals surface area contributed by atoms with Crippen LogP contribution in [-0.2, 0) is 65.4 Å². The standard InChI is InChI=1S/C61H118O17P2/c1-6-9-12-15-18-23-29-34-39-44-58(63)71-50-56(77-60(65)46-41-36-31-25-20-17-14-11-8-3)52-75-79(67,68)73-48-55(62)49-74-80(69,70)76-53-57(51-72-59(64)45-40-35-30-24-19-16-13-10-7-2)78-61(66)47-42-37-32-27-22-21-26-28-33-38-43-54(4)5/h54-57,62H,6-53H2,1-5H3,(H,67,68)(H,69,70)/t55-,56+,57+/m0/s1. The third kappa shape index (κ3) is 55.3. The first-order valence-corrected chi connectivity index (χ1v) is 35.1. The summed E-state index contributed by atoms with van der Waals surface area (Å²) in [5.74, 6) is -1.39. The molecule has 0 aromatic heterocycles. The number of carbonyl (C=O) groups excluding carboxylic acids is 4. The highest BCUT2D eigenvalue weighted by Gasteiger charge is 2.30. The smallest absolute Gasteiger partial charge is 0.462 e. The van der Waals surface area contributed by atoms with E-state index in [4.69, 9.17) is 37.0 Å². The molecular weight excluding hydrogens is 1070 g/mol. The van der Waals surface area contributed by atoms with Crippen LogP contribution in [0.5, 0.6) is 0 Å². The number of aliphatic hydroxyl groups is 1. The fraction of sp³-hybridized carbons (Fsp3) is 0.934. The Morgan fingerprint density at radius 2 is 0.575 bits per heavy atom. The van der Waals surface area contributed by atoms with Crippen LogP contribution in [0.1, 0.15) is 304 Å². The minimum atomic E-state index is -4.94. The van der Waals surface area contributed by atoms with Crippen molar-refractivity contribution in [1.29, 1.82) is 0 Å². The fourth-order valence-corrected chi connectivity index (χ4v) is 10.6. The number of rotatable bonds is 61. The van der Waals surface area contributed by atoms with Crippen molar-refractivity contribution >= 4 is 39.5 Å². The van der Waals surface area contributed by atoms with Crippen molar-refractivity contribution in [2.75, 3.05) is 39.6 Å². The summed E-state index contributed by atoms with van der Waals surface area (Å²) in [6.45, 7) is 7.12. The van der Waals surface area contributed by atoms with Gasteiger partial charge in [-0.2, -0.15) is 0 Å². The van der Waals surface area contributed by atoms with Crippen LogP contribution >= 0.6 is 15.6 Å². The van der Waals surface area contributed by atoms with E-state index in [1.807, 2.05) is 0 Å². The number of esters is 4. The summed E-state index contributed by atoms with van der Waals surface area (Å²) in [5.41, 5.74) is 0. The van der Waals surface area contributed by atoms with Crippen molar-refractivity contribution in [1.82, 2.24) is 0 Å². The summed E-state index contributed by atoms with van der Waals surface area (Å²) < 4.78 is 67.8. The second-order valence-corrected chi connectivity index (χ2v) is 25.5. The Balaban J connectivity index is 5.21. The zero-order chi connectivity index (χ0) is 59.2. The second kappa shape index (κ2) is 55.0. The predicted molar refractivity (Wildman–Crippen MR) is 317 cm³/mol. The van der Waals surface area contributed by atoms with Gasteiger partial charge in [-0.25, -0.2) is 9.13 Å². The maximum absolute atomic E-state index is 12.9. The highest BCUT2D eigenvalue weighted by Crippen LogP contribution is 2.45. The molecule has 80 heavy (non-hydrogen) atoms. The molecule has 0 saturated heterocycles. The molecule has 0 radical (unpaired) electrons. The van der Waals surface area contributed by atoms with E-state index in [0.29, 0.717) is 25.7 Å². The Morgan fingerprint density at radius 3 is 0.850 bits per heavy atom. The molecule has 0 aliphatic carbocycles. The molecule has 2 unspecified atom stereocenters. The van der Waals surface area contributed by atoms with Crippen molar-refractivity contribution in [3.8, 4) is 0 Å². The molecule has 0 saturated carbocycles. The molecule has 17 nitrogen and oxygen atoms in total. The molecule has 5 atom stereocenters. The first kappa shape index (κ1) is 78.1. The highest BCUT2D eigenvalue weighted by atomic mass is 31.2. The Kier molecular flexibility index (Phi) is 53.6. The van der Waals surface area contributed by atoms with Gasteiger partial charge in [0.1, 0.15) is 19.3 Å². The SMILES string of the molecule is CCCCCCCCCCCC(=O)OC[C@H](COP(=O)(O)OC[C@H](O)COP(=O)(O)OC[C@@H](COC(=O)CCCCCCCCCCC)OC(=O)CCCCCCCCCCCCC(C)C)OC(=O)CCCCCCCCCCC. The van der Waals surface area contributed by atoms with Gasteiger partial charge >= 0.3 is 39.5 Å². The van der Waals surface area contributed by atoms with E-state index >= 15 is 0 Å². The summed E-state index contributed by atoms with van der Waals surface area (Å²) in [6, 6.07) is 0. The zero-order valence-electron chi connectivity index (χ0n) is 51.2. The van der Waals surface area contributed by atoms with Crippen LogP contribution in [-0.4, -0.2) is 96.7 Å². The van der Waals surface area contributed by atoms with Gasteiger partial charge in [0, 0.05) is 25.7 Å². The number of hydrogen-bond acceptors (Lipinski definition) is 15. The van der Waals surface area contributed by atoms with Crippen molar-refractivity contribution in [2.45, 2.75) is 323 Å². The van der Waals surface area contributed by atoms with Crippen molar-refractivity contribution in [3.05, 3.63) is 0 Å². The summed E-state index contributed by atoms with van der Waals surface area (Å²) in [5, 5.41) is 10.5. The molecule has 0 rings (SSSR count). The number of ether oxygens (including phenoxy) is 4. The van der Waals surface area contributed by atoms with Crippen LogP contribution < -0.4 is 0 Å². The molecule has 3 N–H and O–H groups in total. The number of aliphatic hydroxyl groups excluding tert-OH is 1. The molecule has 0 spiro atoms. The summed E-state index contributed by atoms with van der Waals surface area (Å²) in [6.07, 6.45) is 37.5. The molecule has 474 valence electrons. The van der Waals surface area contributed by atoms with Crippen LogP contribution in [0.25, 0.3) is 0 Å². The highest BCUT2D eigenvalue weighted by molar-refractivity contribution is 7.47. The van der Waals surface area contributed by atoms with Crippen molar-refractivity contribution < 1.29 is 80.2 Å². The number of phosphoric ester groups is 2. The van der Waals surface area contributed by atoms with Crippen LogP contribution in [0, 0.1) is 5.92 Å². The van der Waals surface area contributed by atoms with E-state index in [1.165, 1.54) is 128 Å². The lowest BCUT2D eigenvalue weighted by molar-refractivity contribution is -0.161. The summed E-state index contributed by atoms with van der Waals surface area (Å²) in [4.78, 5) is 71.9. The fourth-order valence-electron chi connectivity index (χ4n) is 9.05. The molecule has 19 heteroatoms. The average Bonchev–Trinajstić information content (AvgIpc) is 3.42. The maximum Gasteiger partial charge on any atom is 0.472 e. The zero-order valence-corrected chi connectivity index (χ0v) is 53.0. The van der Waals surface area contributed by atoms with Gasteiger partial charge in [0.05, 0.1) is 26.4 Å². The van der Waals surface area contributed by atoms with Crippen molar-refractivity contribution in [3.63, 3.8) is 0 Å². The first-order valence-electron chi connectivity index (χ1n) is 32.1. The van der Waals surface area contributed by atoms with E-state index in [2.05, 4.69) is 34.6 Å². The van der Waals surface area contributed by atoms with Crippen LogP contribution in [0.15, 0.2) is 0 Å². The van der Waals surface area contributed by atoms with Gasteiger partial charge in [-0.3, -0.25) is 37.3 Å². The lowest BCUT2D eigenvalue weighted by Crippen LogP contribution is -2.30. The van der Waals surface area contributed by atoms with Gasteiger partial charge in [-0.15, -0.1) is 0 Å². The van der Waals surface area contributed by atoms with Gasteiger partial charge in [-0.05, 0) is 31.6 Å². The van der Waals surface area contributed by atoms with Crippen LogP contribution in [0.2, 0.25) is 0 Å². The minimum Gasteiger partial charge on any atom is -0.462 e. The molecule has 0 fully saturated rings. The number of unbranched alkanes of at least 4 members (excludes halogenated alkanes) is 33. The summed E-state index contributed by atoms with van der Waals surface area (Å²) >= 11 is 0. The van der Waals surface area contributed by atoms with E-state index in [0.717, 1.165) is 95.8 Å². The van der Waals surface area contributed by atoms with Gasteiger partial charge in [-0.1, -0.05) is 253 Å². The van der Waals surface area contributed by atoms with Crippen molar-refractivity contribution in [2.24, 2.45) is 5.92 Å². The third-order valence-electron chi connectivity index (χ3n) is 14.0. The largest absolute Gasteiger partial charge is 0.472 e. The Labute approximate surface area is 486 Å². The summed E-state index contributed by atoms with van der Waals surface area (Å²) in [7, 11) is -9.87. The molecular formula is C61H118O17P2. The van der Waals surface area contributed by atoms with Gasteiger partial charge in [0.2, 0.25) is 0 Å². The lowest BCUT2D eigenvalue weighted by atomic mass is 10.0. The first-order chi connectivity index (χ1) is 38.5. The van der Waals surface area contributed by atoms with Gasteiger partial charge < -0.3 is 33.8 Å². The quantitative estimate of drug-likeness (QED) is 0.0222. The monoisotopic (exact) mass is 1180 g/mol. The van der Waals surface area contributed by atoms with Crippen LogP contribution in [0.3, 0.4) is 0 Å². The molecule has 0 aromatic rings. The average molecular weight is 1190 g/mol.